The minimum atomic E-state index is -1.28. The first-order chi connectivity index (χ1) is 20.3. The number of nitrogens with two attached hydrogens (primary N) is 3. The molecule has 2 rings (SSSR count). The SMILES string of the molecule is CCC(C)C(NC(=O)C(CCCN=C(N)N)NC(=O)C(N)CCC(=O)O)C(=O)NC(Cc1c[nH]c2ccccc12)C(=O)O. The number of aliphatic carboxylic acids is 2. The number of fused-ring (bicyclic) bond motifs is 1. The molecule has 0 saturated heterocycles. The number of carboxylic acids is 2. The molecule has 1 aromatic heterocycles. The summed E-state index contributed by atoms with van der Waals surface area (Å²) in [5, 5.41) is 27.3. The van der Waals surface area contributed by atoms with Crippen molar-refractivity contribution in [3.05, 3.63) is 36.0 Å². The van der Waals surface area contributed by atoms with Gasteiger partial charge in [0.25, 0.3) is 0 Å². The number of H-pyrrole nitrogens is 1. The van der Waals surface area contributed by atoms with Crippen LogP contribution in [0.5, 0.6) is 0 Å². The van der Waals surface area contributed by atoms with Gasteiger partial charge in [-0.3, -0.25) is 24.2 Å². The highest BCUT2D eigenvalue weighted by molar-refractivity contribution is 5.94. The minimum absolute atomic E-state index is 0.00393. The zero-order valence-electron chi connectivity index (χ0n) is 24.3. The number of nitrogens with zero attached hydrogens (tertiary/aromatic N) is 1. The summed E-state index contributed by atoms with van der Waals surface area (Å²) in [5.74, 6) is -5.05. The molecule has 15 heteroatoms. The Kier molecular flexibility index (Phi) is 13.4. The molecule has 0 aliphatic heterocycles. The van der Waals surface area contributed by atoms with Gasteiger partial charge in [0.15, 0.2) is 5.96 Å². The minimum Gasteiger partial charge on any atom is -0.481 e. The van der Waals surface area contributed by atoms with Gasteiger partial charge >= 0.3 is 11.9 Å². The first kappa shape index (κ1) is 34.5. The molecular formula is C28H42N8O7. The van der Waals surface area contributed by atoms with Crippen molar-refractivity contribution in [3.63, 3.8) is 0 Å². The van der Waals surface area contributed by atoms with Gasteiger partial charge in [0, 0.05) is 36.5 Å². The number of carbonyl (C=O) groups excluding carboxylic acids is 3. The maximum absolute atomic E-state index is 13.4. The number of benzene rings is 1. The third-order valence-corrected chi connectivity index (χ3v) is 7.09. The van der Waals surface area contributed by atoms with E-state index < -0.39 is 59.7 Å². The number of rotatable bonds is 18. The van der Waals surface area contributed by atoms with E-state index in [-0.39, 0.29) is 44.6 Å². The average Bonchev–Trinajstić information content (AvgIpc) is 3.37. The Bertz CT molecular complexity index is 1310. The monoisotopic (exact) mass is 602 g/mol. The second kappa shape index (κ2) is 16.7. The predicted molar refractivity (Wildman–Crippen MR) is 160 cm³/mol. The van der Waals surface area contributed by atoms with Crippen molar-refractivity contribution in [2.24, 2.45) is 28.1 Å². The van der Waals surface area contributed by atoms with Crippen LogP contribution in [0.4, 0.5) is 0 Å². The summed E-state index contributed by atoms with van der Waals surface area (Å²) in [6.07, 6.45) is 2.05. The standard InChI is InChI=1S/C28H42N8O7/c1-3-15(2)23(26(41)35-21(27(42)43)13-16-14-33-19-8-5-4-7-17(16)19)36-25(40)20(9-6-12-32-28(30)31)34-24(39)18(29)10-11-22(37)38/h4-5,7-8,14-15,18,20-21,23,33H,3,6,9-13,29H2,1-2H3,(H,34,39)(H,35,41)(H,36,40)(H,37,38)(H,42,43)(H4,30,31,32). The second-order valence-corrected chi connectivity index (χ2v) is 10.4. The predicted octanol–water partition coefficient (Wildman–Crippen LogP) is -0.459. The molecule has 236 valence electrons. The largest absolute Gasteiger partial charge is 0.481 e. The first-order valence-corrected chi connectivity index (χ1v) is 14.1. The Hall–Kier alpha value is -4.66. The summed E-state index contributed by atoms with van der Waals surface area (Å²) in [6.45, 7) is 3.71. The van der Waals surface area contributed by atoms with Crippen molar-refractivity contribution in [2.75, 3.05) is 6.54 Å². The van der Waals surface area contributed by atoms with Gasteiger partial charge in [-0.25, -0.2) is 4.79 Å². The Morgan fingerprint density at radius 3 is 2.26 bits per heavy atom. The third-order valence-electron chi connectivity index (χ3n) is 7.09. The van der Waals surface area contributed by atoms with Gasteiger partial charge in [0.1, 0.15) is 18.1 Å². The van der Waals surface area contributed by atoms with Crippen LogP contribution in [0.25, 0.3) is 10.9 Å². The quantitative estimate of drug-likeness (QED) is 0.0602. The number of carbonyl (C=O) groups is 5. The topological polar surface area (TPSA) is 268 Å². The number of aliphatic imine (C=N–C) groups is 1. The molecule has 0 aliphatic carbocycles. The van der Waals surface area contributed by atoms with Gasteiger partial charge in [0.2, 0.25) is 17.7 Å². The summed E-state index contributed by atoms with van der Waals surface area (Å²) in [5.41, 5.74) is 18.1. The summed E-state index contributed by atoms with van der Waals surface area (Å²) in [7, 11) is 0. The van der Waals surface area contributed by atoms with Crippen LogP contribution in [0, 0.1) is 5.92 Å². The molecule has 15 nitrogen and oxygen atoms in total. The fraction of sp³-hybridized carbons (Fsp3) is 0.500. The van der Waals surface area contributed by atoms with Crippen LogP contribution in [0.15, 0.2) is 35.5 Å². The summed E-state index contributed by atoms with van der Waals surface area (Å²) < 4.78 is 0. The molecule has 0 spiro atoms. The van der Waals surface area contributed by atoms with Crippen LogP contribution in [0.1, 0.15) is 51.5 Å². The Labute approximate surface area is 249 Å². The molecule has 12 N–H and O–H groups in total. The van der Waals surface area contributed by atoms with E-state index in [1.54, 1.807) is 13.1 Å². The van der Waals surface area contributed by atoms with Gasteiger partial charge in [-0.05, 0) is 36.8 Å². The number of amides is 3. The Balaban J connectivity index is 2.20. The second-order valence-electron chi connectivity index (χ2n) is 10.4. The fourth-order valence-corrected chi connectivity index (χ4v) is 4.40. The molecule has 0 aliphatic rings. The van der Waals surface area contributed by atoms with E-state index in [0.29, 0.717) is 12.0 Å². The average molecular weight is 603 g/mol. The van der Waals surface area contributed by atoms with Crippen molar-refractivity contribution in [3.8, 4) is 0 Å². The molecule has 1 heterocycles. The molecule has 1 aromatic carbocycles. The van der Waals surface area contributed by atoms with Gasteiger partial charge in [-0.15, -0.1) is 0 Å². The van der Waals surface area contributed by atoms with Gasteiger partial charge < -0.3 is 48.3 Å². The number of hydrogen-bond donors (Lipinski definition) is 9. The number of aromatic nitrogens is 1. The summed E-state index contributed by atoms with van der Waals surface area (Å²) in [4.78, 5) is 69.4. The lowest BCUT2D eigenvalue weighted by Gasteiger charge is -2.28. The summed E-state index contributed by atoms with van der Waals surface area (Å²) >= 11 is 0. The lowest BCUT2D eigenvalue weighted by Crippen LogP contribution is -2.58. The molecule has 0 bridgehead atoms. The highest BCUT2D eigenvalue weighted by Crippen LogP contribution is 2.19. The van der Waals surface area contributed by atoms with Gasteiger partial charge in [0.05, 0.1) is 6.04 Å². The van der Waals surface area contributed by atoms with Gasteiger partial charge in [-0.2, -0.15) is 0 Å². The van der Waals surface area contributed by atoms with Crippen molar-refractivity contribution < 1.29 is 34.2 Å². The number of para-hydroxylation sites is 1. The maximum atomic E-state index is 13.4. The Morgan fingerprint density at radius 1 is 0.953 bits per heavy atom. The molecule has 5 unspecified atom stereocenters. The molecule has 0 saturated carbocycles. The van der Waals surface area contributed by atoms with Crippen molar-refractivity contribution in [1.29, 1.82) is 0 Å². The van der Waals surface area contributed by atoms with E-state index >= 15 is 0 Å². The zero-order chi connectivity index (χ0) is 32.1. The van der Waals surface area contributed by atoms with E-state index in [0.717, 1.165) is 10.9 Å². The number of hydrogen-bond acceptors (Lipinski definition) is 7. The van der Waals surface area contributed by atoms with Crippen LogP contribution < -0.4 is 33.2 Å². The van der Waals surface area contributed by atoms with Crippen LogP contribution >= 0.6 is 0 Å². The zero-order valence-corrected chi connectivity index (χ0v) is 24.3. The molecule has 2 aromatic rings. The van der Waals surface area contributed by atoms with E-state index in [1.165, 1.54) is 0 Å². The number of carboxylic acid groups (broad SMARTS) is 2. The molecule has 5 atom stereocenters. The normalized spacial score (nSPS) is 14.5. The molecule has 0 fully saturated rings. The van der Waals surface area contributed by atoms with Crippen LogP contribution in [0.2, 0.25) is 0 Å². The number of guanidine groups is 1. The van der Waals surface area contributed by atoms with Crippen LogP contribution in [0.3, 0.4) is 0 Å². The van der Waals surface area contributed by atoms with Crippen molar-refractivity contribution in [2.45, 2.75) is 76.5 Å². The van der Waals surface area contributed by atoms with E-state index in [1.807, 2.05) is 31.2 Å². The van der Waals surface area contributed by atoms with Crippen molar-refractivity contribution >= 4 is 46.5 Å². The lowest BCUT2D eigenvalue weighted by molar-refractivity contribution is -0.142. The maximum Gasteiger partial charge on any atom is 0.326 e. The fourth-order valence-electron chi connectivity index (χ4n) is 4.40. The smallest absolute Gasteiger partial charge is 0.326 e. The van der Waals surface area contributed by atoms with E-state index in [2.05, 4.69) is 25.9 Å². The van der Waals surface area contributed by atoms with Crippen LogP contribution in [-0.4, -0.2) is 81.5 Å². The molecule has 0 radical (unpaired) electrons. The lowest BCUT2D eigenvalue weighted by atomic mass is 9.96. The van der Waals surface area contributed by atoms with Crippen molar-refractivity contribution in [1.82, 2.24) is 20.9 Å². The van der Waals surface area contributed by atoms with Crippen LogP contribution in [-0.2, 0) is 30.4 Å². The third kappa shape index (κ3) is 10.9. The highest BCUT2D eigenvalue weighted by Gasteiger charge is 2.33. The van der Waals surface area contributed by atoms with E-state index in [4.69, 9.17) is 22.3 Å². The summed E-state index contributed by atoms with van der Waals surface area (Å²) in [6, 6.07) is 2.63. The Morgan fingerprint density at radius 2 is 1.63 bits per heavy atom. The first-order valence-electron chi connectivity index (χ1n) is 14.1. The number of nitrogens with one attached hydrogen (secondary N) is 4. The van der Waals surface area contributed by atoms with E-state index in [9.17, 15) is 29.1 Å². The highest BCUT2D eigenvalue weighted by atomic mass is 16.4. The van der Waals surface area contributed by atoms with Gasteiger partial charge in [-0.1, -0.05) is 38.5 Å². The number of aromatic amines is 1. The molecule has 3 amide bonds. The molecule has 43 heavy (non-hydrogen) atoms. The molecular weight excluding hydrogens is 560 g/mol.